The summed E-state index contributed by atoms with van der Waals surface area (Å²) in [5.41, 5.74) is 1.95. The zero-order valence-electron chi connectivity index (χ0n) is 11.2. The molecule has 1 aromatic heterocycles. The second kappa shape index (κ2) is 5.14. The number of phenolic OH excluding ortho intramolecular Hbond substituents is 1. The quantitative estimate of drug-likeness (QED) is 0.887. The molecule has 2 N–H and O–H groups in total. The minimum Gasteiger partial charge on any atom is -0.508 e. The van der Waals surface area contributed by atoms with Gasteiger partial charge in [-0.25, -0.2) is 4.98 Å². The Hall–Kier alpha value is -2.30. The van der Waals surface area contributed by atoms with Gasteiger partial charge >= 0.3 is 0 Å². The van der Waals surface area contributed by atoms with E-state index >= 15 is 0 Å². The lowest BCUT2D eigenvalue weighted by atomic mass is 10.1. The molecular weight excluding hydrogens is 244 g/mol. The SMILES string of the molecule is Cc1ccc(C(=O)NCc2nc(C)c(C)o2)cc1O. The first kappa shape index (κ1) is 13.1. The van der Waals surface area contributed by atoms with E-state index in [1.807, 2.05) is 13.8 Å². The first-order valence-electron chi connectivity index (χ1n) is 5.98. The van der Waals surface area contributed by atoms with E-state index in [1.165, 1.54) is 6.07 Å². The minimum atomic E-state index is -0.274. The van der Waals surface area contributed by atoms with Crippen molar-refractivity contribution in [3.63, 3.8) is 0 Å². The fraction of sp³-hybridized carbons (Fsp3) is 0.286. The van der Waals surface area contributed by atoms with Gasteiger partial charge in [-0.2, -0.15) is 0 Å². The number of carbonyl (C=O) groups is 1. The number of aromatic hydroxyl groups is 1. The number of amides is 1. The van der Waals surface area contributed by atoms with Gasteiger partial charge in [0.1, 0.15) is 11.5 Å². The molecule has 1 aromatic carbocycles. The molecule has 1 heterocycles. The molecule has 19 heavy (non-hydrogen) atoms. The predicted octanol–water partition coefficient (Wildman–Crippen LogP) is 2.24. The van der Waals surface area contributed by atoms with Gasteiger partial charge in [0.25, 0.3) is 5.91 Å². The Morgan fingerprint density at radius 2 is 2.11 bits per heavy atom. The van der Waals surface area contributed by atoms with Crippen molar-refractivity contribution in [2.45, 2.75) is 27.3 Å². The molecule has 0 spiro atoms. The molecule has 2 rings (SSSR count). The van der Waals surface area contributed by atoms with E-state index in [4.69, 9.17) is 4.42 Å². The molecule has 1 amide bonds. The third kappa shape index (κ3) is 2.93. The number of nitrogens with zero attached hydrogens (tertiary/aromatic N) is 1. The molecule has 0 fully saturated rings. The van der Waals surface area contributed by atoms with E-state index in [-0.39, 0.29) is 18.2 Å². The summed E-state index contributed by atoms with van der Waals surface area (Å²) in [4.78, 5) is 16.1. The molecule has 0 atom stereocenters. The average Bonchev–Trinajstić information content (AvgIpc) is 2.69. The number of nitrogens with one attached hydrogen (secondary N) is 1. The first-order valence-corrected chi connectivity index (χ1v) is 5.98. The number of hydrogen-bond acceptors (Lipinski definition) is 4. The number of benzene rings is 1. The van der Waals surface area contributed by atoms with Gasteiger partial charge in [0.05, 0.1) is 12.2 Å². The summed E-state index contributed by atoms with van der Waals surface area (Å²) in [5, 5.41) is 12.3. The van der Waals surface area contributed by atoms with Crippen LogP contribution < -0.4 is 5.32 Å². The highest BCUT2D eigenvalue weighted by atomic mass is 16.4. The van der Waals surface area contributed by atoms with Gasteiger partial charge in [-0.1, -0.05) is 6.07 Å². The molecule has 2 aromatic rings. The fourth-order valence-corrected chi connectivity index (χ4v) is 1.62. The van der Waals surface area contributed by atoms with Gasteiger partial charge in [0.2, 0.25) is 5.89 Å². The van der Waals surface area contributed by atoms with Crippen molar-refractivity contribution in [3.05, 3.63) is 46.7 Å². The van der Waals surface area contributed by atoms with Crippen LogP contribution in [0.25, 0.3) is 0 Å². The second-order valence-corrected chi connectivity index (χ2v) is 4.43. The third-order valence-corrected chi connectivity index (χ3v) is 2.94. The lowest BCUT2D eigenvalue weighted by Crippen LogP contribution is -2.22. The van der Waals surface area contributed by atoms with Crippen molar-refractivity contribution in [2.75, 3.05) is 0 Å². The van der Waals surface area contributed by atoms with Gasteiger partial charge in [-0.3, -0.25) is 4.79 Å². The summed E-state index contributed by atoms with van der Waals surface area (Å²) >= 11 is 0. The largest absolute Gasteiger partial charge is 0.508 e. The maximum absolute atomic E-state index is 11.9. The Labute approximate surface area is 111 Å². The fourth-order valence-electron chi connectivity index (χ4n) is 1.62. The lowest BCUT2D eigenvalue weighted by Gasteiger charge is -2.04. The molecule has 0 bridgehead atoms. The standard InChI is InChI=1S/C14H16N2O3/c1-8-4-5-11(6-12(8)17)14(18)15-7-13-16-9(2)10(3)19-13/h4-6,17H,7H2,1-3H3,(H,15,18). The van der Waals surface area contributed by atoms with Crippen LogP contribution in [0, 0.1) is 20.8 Å². The Bertz CT molecular complexity index is 598. The molecule has 100 valence electrons. The van der Waals surface area contributed by atoms with Crippen LogP contribution in [0.15, 0.2) is 22.6 Å². The number of hydrogen-bond donors (Lipinski definition) is 2. The number of rotatable bonds is 3. The van der Waals surface area contributed by atoms with Crippen LogP contribution in [-0.2, 0) is 6.54 Å². The summed E-state index contributed by atoms with van der Waals surface area (Å²) < 4.78 is 5.37. The van der Waals surface area contributed by atoms with Crippen LogP contribution in [0.1, 0.15) is 33.3 Å². The van der Waals surface area contributed by atoms with Crippen LogP contribution in [-0.4, -0.2) is 16.0 Å². The topological polar surface area (TPSA) is 75.4 Å². The zero-order valence-corrected chi connectivity index (χ0v) is 11.2. The predicted molar refractivity (Wildman–Crippen MR) is 70.0 cm³/mol. The number of phenols is 1. The van der Waals surface area contributed by atoms with E-state index in [0.29, 0.717) is 11.5 Å². The third-order valence-electron chi connectivity index (χ3n) is 2.94. The highest BCUT2D eigenvalue weighted by Crippen LogP contribution is 2.17. The van der Waals surface area contributed by atoms with Gasteiger partial charge in [-0.15, -0.1) is 0 Å². The molecule has 5 heteroatoms. The molecule has 0 unspecified atom stereocenters. The monoisotopic (exact) mass is 260 g/mol. The highest BCUT2D eigenvalue weighted by molar-refractivity contribution is 5.94. The molecule has 5 nitrogen and oxygen atoms in total. The Balaban J connectivity index is 2.03. The Morgan fingerprint density at radius 3 is 2.68 bits per heavy atom. The summed E-state index contributed by atoms with van der Waals surface area (Å²) in [6.07, 6.45) is 0. The van der Waals surface area contributed by atoms with Gasteiger partial charge < -0.3 is 14.8 Å². The van der Waals surface area contributed by atoms with Crippen LogP contribution >= 0.6 is 0 Å². The van der Waals surface area contributed by atoms with Crippen molar-refractivity contribution in [1.29, 1.82) is 0 Å². The minimum absolute atomic E-state index is 0.107. The van der Waals surface area contributed by atoms with Crippen LogP contribution in [0.4, 0.5) is 0 Å². The Morgan fingerprint density at radius 1 is 1.37 bits per heavy atom. The molecule has 0 radical (unpaired) electrons. The molecular formula is C14H16N2O3. The van der Waals surface area contributed by atoms with Crippen LogP contribution in [0.3, 0.4) is 0 Å². The van der Waals surface area contributed by atoms with Crippen molar-refractivity contribution in [2.24, 2.45) is 0 Å². The van der Waals surface area contributed by atoms with Crippen LogP contribution in [0.2, 0.25) is 0 Å². The van der Waals surface area contributed by atoms with E-state index in [0.717, 1.165) is 17.0 Å². The highest BCUT2D eigenvalue weighted by Gasteiger charge is 2.10. The molecule has 0 saturated heterocycles. The lowest BCUT2D eigenvalue weighted by molar-refractivity contribution is 0.0946. The number of oxazole rings is 1. The molecule has 0 aliphatic carbocycles. The van der Waals surface area contributed by atoms with Gasteiger partial charge in [-0.05, 0) is 38.5 Å². The maximum Gasteiger partial charge on any atom is 0.251 e. The van der Waals surface area contributed by atoms with Crippen molar-refractivity contribution in [1.82, 2.24) is 10.3 Å². The first-order chi connectivity index (χ1) is 8.97. The summed E-state index contributed by atoms with van der Waals surface area (Å²) in [5.74, 6) is 1.05. The molecule has 0 aliphatic heterocycles. The van der Waals surface area contributed by atoms with Gasteiger partial charge in [0, 0.05) is 5.56 Å². The number of aryl methyl sites for hydroxylation is 3. The summed E-state index contributed by atoms with van der Waals surface area (Å²) in [6.45, 7) is 5.67. The Kier molecular flexibility index (Phi) is 3.55. The van der Waals surface area contributed by atoms with E-state index in [9.17, 15) is 9.90 Å². The zero-order chi connectivity index (χ0) is 14.0. The number of aromatic nitrogens is 1. The number of carbonyl (C=O) groups excluding carboxylic acids is 1. The van der Waals surface area contributed by atoms with Crippen molar-refractivity contribution >= 4 is 5.91 Å². The normalized spacial score (nSPS) is 10.5. The van der Waals surface area contributed by atoms with E-state index in [1.54, 1.807) is 19.1 Å². The molecule has 0 saturated carbocycles. The maximum atomic E-state index is 11.9. The van der Waals surface area contributed by atoms with E-state index < -0.39 is 0 Å². The average molecular weight is 260 g/mol. The summed E-state index contributed by atoms with van der Waals surface area (Å²) in [6, 6.07) is 4.80. The molecule has 0 aliphatic rings. The smallest absolute Gasteiger partial charge is 0.251 e. The van der Waals surface area contributed by atoms with Gasteiger partial charge in [0.15, 0.2) is 0 Å². The second-order valence-electron chi connectivity index (χ2n) is 4.43. The van der Waals surface area contributed by atoms with Crippen LogP contribution in [0.5, 0.6) is 5.75 Å². The van der Waals surface area contributed by atoms with Crippen molar-refractivity contribution in [3.8, 4) is 5.75 Å². The summed E-state index contributed by atoms with van der Waals surface area (Å²) in [7, 11) is 0. The van der Waals surface area contributed by atoms with E-state index in [2.05, 4.69) is 10.3 Å². The van der Waals surface area contributed by atoms with Crippen molar-refractivity contribution < 1.29 is 14.3 Å².